The summed E-state index contributed by atoms with van der Waals surface area (Å²) in [6.07, 6.45) is 4.21. The second kappa shape index (κ2) is 10.9. The average molecular weight is 228 g/mol. The Labute approximate surface area is 99.1 Å². The second-order valence-electron chi connectivity index (χ2n) is 3.94. The minimum absolute atomic E-state index is 0.279. The standard InChI is InChI=1S/C13H24O3/c1-12(2)11-15-10-9-14-7-5-6-8-16-13(3)4/h5-6,13H,1,7-11H2,2-4H3/b6-5+. The number of hydrogen-bond donors (Lipinski definition) is 0. The van der Waals surface area contributed by atoms with Gasteiger partial charge in [-0.1, -0.05) is 24.3 Å². The van der Waals surface area contributed by atoms with Gasteiger partial charge in [-0.05, 0) is 20.8 Å². The van der Waals surface area contributed by atoms with Crippen LogP contribution in [-0.4, -0.2) is 39.1 Å². The van der Waals surface area contributed by atoms with Gasteiger partial charge in [0.1, 0.15) is 0 Å². The van der Waals surface area contributed by atoms with Crippen LogP contribution in [0.1, 0.15) is 20.8 Å². The normalized spacial score (nSPS) is 11.5. The van der Waals surface area contributed by atoms with Gasteiger partial charge in [-0.3, -0.25) is 0 Å². The fourth-order valence-corrected chi connectivity index (χ4v) is 0.900. The molecule has 0 aromatic carbocycles. The van der Waals surface area contributed by atoms with E-state index < -0.39 is 0 Å². The molecule has 0 amide bonds. The van der Waals surface area contributed by atoms with Gasteiger partial charge in [-0.15, -0.1) is 0 Å². The van der Waals surface area contributed by atoms with E-state index in [0.29, 0.717) is 33.0 Å². The van der Waals surface area contributed by atoms with Crippen LogP contribution < -0.4 is 0 Å². The van der Waals surface area contributed by atoms with E-state index in [1.807, 2.05) is 32.9 Å². The van der Waals surface area contributed by atoms with Crippen LogP contribution in [0.25, 0.3) is 0 Å². The molecule has 3 nitrogen and oxygen atoms in total. The predicted octanol–water partition coefficient (Wildman–Crippen LogP) is 2.58. The van der Waals surface area contributed by atoms with E-state index in [9.17, 15) is 0 Å². The van der Waals surface area contributed by atoms with Crippen molar-refractivity contribution in [2.24, 2.45) is 0 Å². The van der Waals surface area contributed by atoms with Crippen molar-refractivity contribution in [3.63, 3.8) is 0 Å². The summed E-state index contributed by atoms with van der Waals surface area (Å²) in [4.78, 5) is 0. The van der Waals surface area contributed by atoms with Crippen molar-refractivity contribution >= 4 is 0 Å². The van der Waals surface area contributed by atoms with Crippen LogP contribution in [0, 0.1) is 0 Å². The zero-order chi connectivity index (χ0) is 12.2. The molecule has 0 aliphatic carbocycles. The summed E-state index contributed by atoms with van der Waals surface area (Å²) in [5, 5.41) is 0. The molecule has 0 rings (SSSR count). The lowest BCUT2D eigenvalue weighted by molar-refractivity contribution is 0.0677. The van der Waals surface area contributed by atoms with Crippen molar-refractivity contribution in [3.8, 4) is 0 Å². The quantitative estimate of drug-likeness (QED) is 0.425. The van der Waals surface area contributed by atoms with E-state index in [1.165, 1.54) is 0 Å². The van der Waals surface area contributed by atoms with Crippen LogP contribution in [0.3, 0.4) is 0 Å². The number of rotatable bonds is 10. The molecule has 0 aliphatic rings. The van der Waals surface area contributed by atoms with Crippen molar-refractivity contribution in [3.05, 3.63) is 24.3 Å². The summed E-state index contributed by atoms with van der Waals surface area (Å²) in [6, 6.07) is 0. The molecule has 3 heteroatoms. The van der Waals surface area contributed by atoms with Gasteiger partial charge in [0.05, 0.1) is 39.1 Å². The summed E-state index contributed by atoms with van der Waals surface area (Å²) < 4.78 is 15.9. The number of ether oxygens (including phenoxy) is 3. The first-order valence-corrected chi connectivity index (χ1v) is 5.69. The van der Waals surface area contributed by atoms with Crippen LogP contribution in [0.2, 0.25) is 0 Å². The SMILES string of the molecule is C=C(C)COCCOC/C=C/COC(C)C. The van der Waals surface area contributed by atoms with E-state index in [2.05, 4.69) is 6.58 Å². The molecule has 0 saturated carbocycles. The smallest absolute Gasteiger partial charge is 0.0705 e. The molecule has 0 bridgehead atoms. The first-order valence-electron chi connectivity index (χ1n) is 5.69. The summed E-state index contributed by atoms with van der Waals surface area (Å²) in [7, 11) is 0. The van der Waals surface area contributed by atoms with E-state index in [1.54, 1.807) is 0 Å². The van der Waals surface area contributed by atoms with Crippen molar-refractivity contribution in [2.75, 3.05) is 33.0 Å². The molecule has 0 N–H and O–H groups in total. The molecular formula is C13H24O3. The Balaban J connectivity index is 3.11. The Hall–Kier alpha value is -0.640. The van der Waals surface area contributed by atoms with E-state index in [4.69, 9.17) is 14.2 Å². The lowest BCUT2D eigenvalue weighted by Crippen LogP contribution is -2.06. The Morgan fingerprint density at radius 2 is 1.75 bits per heavy atom. The van der Waals surface area contributed by atoms with Gasteiger partial charge >= 0.3 is 0 Å². The van der Waals surface area contributed by atoms with Crippen molar-refractivity contribution < 1.29 is 14.2 Å². The summed E-state index contributed by atoms with van der Waals surface area (Å²) in [5.74, 6) is 0. The highest BCUT2D eigenvalue weighted by atomic mass is 16.5. The van der Waals surface area contributed by atoms with Crippen LogP contribution >= 0.6 is 0 Å². The van der Waals surface area contributed by atoms with E-state index in [-0.39, 0.29) is 6.10 Å². The van der Waals surface area contributed by atoms with Gasteiger partial charge in [0.25, 0.3) is 0 Å². The van der Waals surface area contributed by atoms with E-state index in [0.717, 1.165) is 5.57 Å². The highest BCUT2D eigenvalue weighted by Crippen LogP contribution is 1.89. The average Bonchev–Trinajstić information content (AvgIpc) is 2.20. The van der Waals surface area contributed by atoms with Gasteiger partial charge in [-0.2, -0.15) is 0 Å². The van der Waals surface area contributed by atoms with Gasteiger partial charge in [0.2, 0.25) is 0 Å². The van der Waals surface area contributed by atoms with Crippen LogP contribution in [0.5, 0.6) is 0 Å². The zero-order valence-electron chi connectivity index (χ0n) is 10.7. The zero-order valence-corrected chi connectivity index (χ0v) is 10.7. The maximum Gasteiger partial charge on any atom is 0.0705 e. The third-order valence-electron chi connectivity index (χ3n) is 1.63. The van der Waals surface area contributed by atoms with Gasteiger partial charge in [0, 0.05) is 0 Å². The molecule has 0 unspecified atom stereocenters. The van der Waals surface area contributed by atoms with Crippen LogP contribution in [0.4, 0.5) is 0 Å². The third-order valence-corrected chi connectivity index (χ3v) is 1.63. The maximum absolute atomic E-state index is 5.34. The number of hydrogen-bond acceptors (Lipinski definition) is 3. The molecule has 0 aromatic heterocycles. The Bertz CT molecular complexity index is 197. The van der Waals surface area contributed by atoms with Crippen molar-refractivity contribution in [1.82, 2.24) is 0 Å². The lowest BCUT2D eigenvalue weighted by Gasteiger charge is -2.04. The molecule has 0 spiro atoms. The molecule has 16 heavy (non-hydrogen) atoms. The molecule has 0 fully saturated rings. The van der Waals surface area contributed by atoms with Gasteiger partial charge in [0.15, 0.2) is 0 Å². The molecule has 0 radical (unpaired) electrons. The first-order chi connectivity index (χ1) is 7.63. The fourth-order valence-electron chi connectivity index (χ4n) is 0.900. The first kappa shape index (κ1) is 15.4. The minimum atomic E-state index is 0.279. The molecule has 0 aromatic rings. The Morgan fingerprint density at radius 1 is 1.12 bits per heavy atom. The van der Waals surface area contributed by atoms with Crippen molar-refractivity contribution in [1.29, 1.82) is 0 Å². The van der Waals surface area contributed by atoms with Crippen molar-refractivity contribution in [2.45, 2.75) is 26.9 Å². The minimum Gasteiger partial charge on any atom is -0.375 e. The van der Waals surface area contributed by atoms with E-state index >= 15 is 0 Å². The second-order valence-corrected chi connectivity index (χ2v) is 3.94. The fraction of sp³-hybridized carbons (Fsp3) is 0.692. The molecule has 0 aliphatic heterocycles. The highest BCUT2D eigenvalue weighted by Gasteiger charge is 1.89. The summed E-state index contributed by atoms with van der Waals surface area (Å²) >= 11 is 0. The lowest BCUT2D eigenvalue weighted by atomic mass is 10.4. The predicted molar refractivity (Wildman–Crippen MR) is 66.7 cm³/mol. The molecule has 0 atom stereocenters. The topological polar surface area (TPSA) is 27.7 Å². The third kappa shape index (κ3) is 13.4. The summed E-state index contributed by atoms with van der Waals surface area (Å²) in [5.41, 5.74) is 1.03. The van der Waals surface area contributed by atoms with Gasteiger partial charge < -0.3 is 14.2 Å². The van der Waals surface area contributed by atoms with Gasteiger partial charge in [-0.25, -0.2) is 0 Å². The molecule has 0 saturated heterocycles. The molecule has 94 valence electrons. The Kier molecular flexibility index (Phi) is 10.4. The maximum atomic E-state index is 5.34. The Morgan fingerprint density at radius 3 is 2.38 bits per heavy atom. The van der Waals surface area contributed by atoms with Crippen LogP contribution in [0.15, 0.2) is 24.3 Å². The summed E-state index contributed by atoms with van der Waals surface area (Å²) in [6.45, 7) is 12.8. The van der Waals surface area contributed by atoms with Crippen LogP contribution in [-0.2, 0) is 14.2 Å². The largest absolute Gasteiger partial charge is 0.375 e. The molecular weight excluding hydrogens is 204 g/mol. The molecule has 0 heterocycles. The monoisotopic (exact) mass is 228 g/mol. The highest BCUT2D eigenvalue weighted by molar-refractivity contribution is 4.87.